The lowest BCUT2D eigenvalue weighted by Crippen LogP contribution is -2.39. The Balaban J connectivity index is 1.46. The Hall–Kier alpha value is -1.95. The number of morpholine rings is 1. The van der Waals surface area contributed by atoms with Crippen molar-refractivity contribution in [2.24, 2.45) is 5.92 Å². The Labute approximate surface area is 186 Å². The zero-order chi connectivity index (χ0) is 22.2. The molecule has 1 aromatic heterocycles. The van der Waals surface area contributed by atoms with Crippen molar-refractivity contribution in [2.75, 3.05) is 45.9 Å². The first-order chi connectivity index (χ1) is 15.0. The topological polar surface area (TPSA) is 72.7 Å². The van der Waals surface area contributed by atoms with Gasteiger partial charge in [0, 0.05) is 26.2 Å². The molecule has 2 saturated heterocycles. The van der Waals surface area contributed by atoms with Gasteiger partial charge in [-0.1, -0.05) is 18.1 Å². The molecule has 31 heavy (non-hydrogen) atoms. The van der Waals surface area contributed by atoms with Crippen LogP contribution in [0.3, 0.4) is 0 Å². The number of nitrogens with zero attached hydrogens (tertiary/aromatic N) is 5. The average molecular weight is 432 g/mol. The molecule has 0 saturated carbocycles. The molecule has 0 bridgehead atoms. The van der Waals surface area contributed by atoms with Gasteiger partial charge in [-0.25, -0.2) is 4.68 Å². The molecule has 3 rings (SSSR count). The average Bonchev–Trinajstić information content (AvgIpc) is 3.45. The van der Waals surface area contributed by atoms with E-state index in [1.165, 1.54) is 0 Å². The summed E-state index contributed by atoms with van der Waals surface area (Å²) in [6.45, 7) is 13.8. The smallest absolute Gasteiger partial charge is 0.228 e. The summed E-state index contributed by atoms with van der Waals surface area (Å²) >= 11 is 0. The fraction of sp³-hybridized carbons (Fsp3) is 0.783. The first kappa shape index (κ1) is 23.7. The molecule has 0 aromatic carbocycles. The van der Waals surface area contributed by atoms with Crippen LogP contribution in [0.4, 0.5) is 0 Å². The highest BCUT2D eigenvalue weighted by Gasteiger charge is 2.35. The summed E-state index contributed by atoms with van der Waals surface area (Å²) in [5.41, 5.74) is 0.698. The third-order valence-corrected chi connectivity index (χ3v) is 6.35. The van der Waals surface area contributed by atoms with Gasteiger partial charge in [-0.15, -0.1) is 5.10 Å². The van der Waals surface area contributed by atoms with Crippen LogP contribution < -0.4 is 0 Å². The Kier molecular flexibility index (Phi) is 8.88. The van der Waals surface area contributed by atoms with Gasteiger partial charge in [-0.3, -0.25) is 9.69 Å². The molecule has 8 nitrogen and oxygen atoms in total. The lowest BCUT2D eigenvalue weighted by atomic mass is 9.99. The Morgan fingerprint density at radius 1 is 1.26 bits per heavy atom. The SMILES string of the molecule is CCN(CC)C(=O)[C@H](C)[C@H]1CC[C@@H](C[C@@H](C)n2cc(C#CCN3CCOCC3)nn2)O1. The highest BCUT2D eigenvalue weighted by molar-refractivity contribution is 5.79. The maximum atomic E-state index is 12.6. The van der Waals surface area contributed by atoms with Gasteiger partial charge < -0.3 is 14.4 Å². The summed E-state index contributed by atoms with van der Waals surface area (Å²) in [4.78, 5) is 16.8. The van der Waals surface area contributed by atoms with E-state index >= 15 is 0 Å². The molecule has 0 N–H and O–H groups in total. The maximum absolute atomic E-state index is 12.6. The van der Waals surface area contributed by atoms with Crippen molar-refractivity contribution < 1.29 is 14.3 Å². The Morgan fingerprint density at radius 2 is 2.00 bits per heavy atom. The van der Waals surface area contributed by atoms with Crippen LogP contribution in [0.2, 0.25) is 0 Å². The first-order valence-electron chi connectivity index (χ1n) is 11.7. The van der Waals surface area contributed by atoms with E-state index < -0.39 is 0 Å². The molecule has 1 amide bonds. The summed E-state index contributed by atoms with van der Waals surface area (Å²) in [5, 5.41) is 8.47. The highest BCUT2D eigenvalue weighted by atomic mass is 16.5. The van der Waals surface area contributed by atoms with Gasteiger partial charge in [0.2, 0.25) is 5.91 Å². The van der Waals surface area contributed by atoms with Crippen molar-refractivity contribution >= 4 is 5.91 Å². The van der Waals surface area contributed by atoms with Crippen molar-refractivity contribution in [3.8, 4) is 11.8 Å². The standard InChI is InChI=1S/C23H37N5O3/c1-5-27(6-2)23(29)19(4)22-10-9-21(31-22)16-18(3)28-17-20(24-25-28)8-7-11-26-12-14-30-15-13-26/h17-19,21-22H,5-6,9-16H2,1-4H3/t18-,19-,21+,22-/m1/s1. The number of aromatic nitrogens is 3. The maximum Gasteiger partial charge on any atom is 0.228 e. The number of carbonyl (C=O) groups excluding carboxylic acids is 1. The second-order valence-electron chi connectivity index (χ2n) is 8.53. The second kappa shape index (κ2) is 11.6. The van der Waals surface area contributed by atoms with E-state index in [9.17, 15) is 4.79 Å². The third kappa shape index (κ3) is 6.52. The van der Waals surface area contributed by atoms with E-state index in [1.807, 2.05) is 36.5 Å². The van der Waals surface area contributed by atoms with E-state index in [1.54, 1.807) is 0 Å². The van der Waals surface area contributed by atoms with Crippen LogP contribution in [-0.2, 0) is 14.3 Å². The fourth-order valence-electron chi connectivity index (χ4n) is 4.30. The van der Waals surface area contributed by atoms with Crippen LogP contribution in [0.15, 0.2) is 6.20 Å². The number of carbonyl (C=O) groups is 1. The number of rotatable bonds is 8. The van der Waals surface area contributed by atoms with E-state index in [0.717, 1.165) is 65.2 Å². The molecule has 0 spiro atoms. The van der Waals surface area contributed by atoms with Crippen molar-refractivity contribution in [3.05, 3.63) is 11.9 Å². The fourth-order valence-corrected chi connectivity index (χ4v) is 4.30. The van der Waals surface area contributed by atoms with Crippen LogP contribution in [0.1, 0.15) is 58.7 Å². The lowest BCUT2D eigenvalue weighted by Gasteiger charge is -2.26. The summed E-state index contributed by atoms with van der Waals surface area (Å²) in [7, 11) is 0. The zero-order valence-corrected chi connectivity index (χ0v) is 19.4. The number of amides is 1. The molecule has 0 unspecified atom stereocenters. The van der Waals surface area contributed by atoms with Crippen LogP contribution in [0.25, 0.3) is 0 Å². The van der Waals surface area contributed by atoms with Crippen LogP contribution in [0.5, 0.6) is 0 Å². The van der Waals surface area contributed by atoms with Crippen molar-refractivity contribution in [3.63, 3.8) is 0 Å². The van der Waals surface area contributed by atoms with Gasteiger partial charge in [-0.2, -0.15) is 0 Å². The van der Waals surface area contributed by atoms with Crippen LogP contribution in [-0.4, -0.2) is 88.8 Å². The van der Waals surface area contributed by atoms with E-state index in [-0.39, 0.29) is 30.1 Å². The molecule has 2 aliphatic rings. The van der Waals surface area contributed by atoms with Crippen LogP contribution in [0, 0.1) is 17.8 Å². The van der Waals surface area contributed by atoms with Crippen molar-refractivity contribution in [2.45, 2.75) is 65.2 Å². The molecule has 4 atom stereocenters. The monoisotopic (exact) mass is 431 g/mol. The van der Waals surface area contributed by atoms with Gasteiger partial charge >= 0.3 is 0 Å². The Bertz CT molecular complexity index is 761. The lowest BCUT2D eigenvalue weighted by molar-refractivity contribution is -0.139. The Morgan fingerprint density at radius 3 is 2.71 bits per heavy atom. The summed E-state index contributed by atoms with van der Waals surface area (Å²) in [6.07, 6.45) is 4.82. The second-order valence-corrected chi connectivity index (χ2v) is 8.53. The summed E-state index contributed by atoms with van der Waals surface area (Å²) in [6, 6.07) is 0.167. The minimum Gasteiger partial charge on any atom is -0.379 e. The minimum atomic E-state index is -0.0973. The van der Waals surface area contributed by atoms with E-state index in [4.69, 9.17) is 9.47 Å². The van der Waals surface area contributed by atoms with E-state index in [0.29, 0.717) is 5.69 Å². The van der Waals surface area contributed by atoms with Gasteiger partial charge in [-0.05, 0) is 46.0 Å². The van der Waals surface area contributed by atoms with Gasteiger partial charge in [0.15, 0.2) is 5.69 Å². The highest BCUT2D eigenvalue weighted by Crippen LogP contribution is 2.31. The van der Waals surface area contributed by atoms with E-state index in [2.05, 4.69) is 34.0 Å². The molecular formula is C23H37N5O3. The summed E-state index contributed by atoms with van der Waals surface area (Å²) < 4.78 is 13.5. The molecule has 8 heteroatoms. The molecule has 1 aromatic rings. The molecular weight excluding hydrogens is 394 g/mol. The normalized spacial score (nSPS) is 23.7. The van der Waals surface area contributed by atoms with Gasteiger partial charge in [0.25, 0.3) is 0 Å². The zero-order valence-electron chi connectivity index (χ0n) is 19.4. The van der Waals surface area contributed by atoms with Gasteiger partial charge in [0.1, 0.15) is 0 Å². The molecule has 2 fully saturated rings. The largest absolute Gasteiger partial charge is 0.379 e. The van der Waals surface area contributed by atoms with Crippen LogP contribution >= 0.6 is 0 Å². The molecule has 0 aliphatic carbocycles. The van der Waals surface area contributed by atoms with Crippen molar-refractivity contribution in [1.29, 1.82) is 0 Å². The predicted molar refractivity (Wildman–Crippen MR) is 118 cm³/mol. The first-order valence-corrected chi connectivity index (χ1v) is 11.7. The predicted octanol–water partition coefficient (Wildman–Crippen LogP) is 1.97. The minimum absolute atomic E-state index is 0.00246. The van der Waals surface area contributed by atoms with Gasteiger partial charge in [0.05, 0.1) is 50.1 Å². The molecule has 2 aliphatic heterocycles. The summed E-state index contributed by atoms with van der Waals surface area (Å²) in [5.74, 6) is 6.40. The molecule has 3 heterocycles. The number of hydrogen-bond donors (Lipinski definition) is 0. The molecule has 172 valence electrons. The molecule has 0 radical (unpaired) electrons. The quantitative estimate of drug-likeness (QED) is 0.586. The third-order valence-electron chi connectivity index (χ3n) is 6.35. The van der Waals surface area contributed by atoms with Crippen molar-refractivity contribution in [1.82, 2.24) is 24.8 Å². The number of hydrogen-bond acceptors (Lipinski definition) is 6. The number of ether oxygens (including phenoxy) is 2.